The van der Waals surface area contributed by atoms with Gasteiger partial charge in [-0.1, -0.05) is 35.9 Å². The lowest BCUT2D eigenvalue weighted by atomic mass is 10.1. The Morgan fingerprint density at radius 3 is 2.43 bits per heavy atom. The summed E-state index contributed by atoms with van der Waals surface area (Å²) in [7, 11) is -3.96. The monoisotopic (exact) mass is 419 g/mol. The second-order valence-electron chi connectivity index (χ2n) is 6.60. The summed E-state index contributed by atoms with van der Waals surface area (Å²) in [6.45, 7) is 3.60. The molecule has 1 fully saturated rings. The molecule has 0 spiro atoms. The number of fused-ring (bicyclic) bond motifs is 1. The van der Waals surface area contributed by atoms with Crippen molar-refractivity contribution >= 4 is 43.8 Å². The molecule has 146 valence electrons. The number of halogens is 2. The molecule has 2 N–H and O–H groups in total. The van der Waals surface area contributed by atoms with Crippen molar-refractivity contribution in [1.82, 2.24) is 5.32 Å². The average Bonchev–Trinajstić information content (AvgIpc) is 2.68. The van der Waals surface area contributed by atoms with Crippen molar-refractivity contribution in [1.29, 1.82) is 0 Å². The van der Waals surface area contributed by atoms with Gasteiger partial charge in [-0.15, -0.1) is 0 Å². The first-order chi connectivity index (χ1) is 13.5. The standard InChI is InChI=1S/C20H19ClFN3O2S/c21-17-13-14(22)5-8-20(17)28(26,27)24-18-6-7-19(25-11-9-23-10-12-25)16-4-2-1-3-15(16)18/h1-8,13,23-24H,9-12H2. The number of anilines is 2. The van der Waals surface area contributed by atoms with Crippen LogP contribution in [0.2, 0.25) is 5.02 Å². The van der Waals surface area contributed by atoms with Gasteiger partial charge in [0.2, 0.25) is 0 Å². The Morgan fingerprint density at radius 2 is 1.71 bits per heavy atom. The first-order valence-electron chi connectivity index (χ1n) is 8.91. The molecule has 0 atom stereocenters. The van der Waals surface area contributed by atoms with E-state index in [0.717, 1.165) is 60.8 Å². The van der Waals surface area contributed by atoms with Gasteiger partial charge in [-0.25, -0.2) is 12.8 Å². The molecule has 0 bridgehead atoms. The minimum absolute atomic E-state index is 0.158. The highest BCUT2D eigenvalue weighted by Crippen LogP contribution is 2.34. The van der Waals surface area contributed by atoms with Gasteiger partial charge in [0.05, 0.1) is 10.7 Å². The highest BCUT2D eigenvalue weighted by Gasteiger charge is 2.21. The van der Waals surface area contributed by atoms with Gasteiger partial charge in [0.25, 0.3) is 10.0 Å². The van der Waals surface area contributed by atoms with Gasteiger partial charge in [-0.3, -0.25) is 4.72 Å². The van der Waals surface area contributed by atoms with Crippen LogP contribution in [-0.2, 0) is 10.0 Å². The van der Waals surface area contributed by atoms with Crippen molar-refractivity contribution in [2.75, 3.05) is 35.8 Å². The molecule has 3 aromatic rings. The predicted octanol–water partition coefficient (Wildman–Crippen LogP) is 3.84. The molecule has 5 nitrogen and oxygen atoms in total. The molecule has 1 aliphatic rings. The molecule has 0 saturated carbocycles. The first kappa shape index (κ1) is 19.0. The molecule has 0 aromatic heterocycles. The molecule has 1 aliphatic heterocycles. The topological polar surface area (TPSA) is 61.4 Å². The van der Waals surface area contributed by atoms with Crippen LogP contribution < -0.4 is 14.9 Å². The van der Waals surface area contributed by atoms with Crippen molar-refractivity contribution in [2.45, 2.75) is 4.90 Å². The van der Waals surface area contributed by atoms with E-state index in [1.54, 1.807) is 6.07 Å². The van der Waals surface area contributed by atoms with Crippen LogP contribution in [0.3, 0.4) is 0 Å². The van der Waals surface area contributed by atoms with Crippen molar-refractivity contribution < 1.29 is 12.8 Å². The van der Waals surface area contributed by atoms with Crippen LogP contribution in [0.15, 0.2) is 59.5 Å². The maximum atomic E-state index is 13.3. The smallest absolute Gasteiger partial charge is 0.263 e. The van der Waals surface area contributed by atoms with E-state index in [0.29, 0.717) is 5.69 Å². The Morgan fingerprint density at radius 1 is 1.00 bits per heavy atom. The normalized spacial score (nSPS) is 15.0. The summed E-state index contributed by atoms with van der Waals surface area (Å²) in [6.07, 6.45) is 0. The molecule has 4 rings (SSSR count). The van der Waals surface area contributed by atoms with Crippen LogP contribution in [0, 0.1) is 5.82 Å². The van der Waals surface area contributed by atoms with Gasteiger partial charge in [0.1, 0.15) is 10.7 Å². The molecular weight excluding hydrogens is 401 g/mol. The van der Waals surface area contributed by atoms with Gasteiger partial charge in [0.15, 0.2) is 0 Å². The zero-order valence-electron chi connectivity index (χ0n) is 15.0. The second kappa shape index (κ2) is 7.58. The maximum absolute atomic E-state index is 13.3. The molecule has 0 aliphatic carbocycles. The van der Waals surface area contributed by atoms with E-state index in [-0.39, 0.29) is 9.92 Å². The quantitative estimate of drug-likeness (QED) is 0.674. The van der Waals surface area contributed by atoms with Crippen LogP contribution >= 0.6 is 11.6 Å². The molecular formula is C20H19ClFN3O2S. The van der Waals surface area contributed by atoms with E-state index in [2.05, 4.69) is 14.9 Å². The number of benzene rings is 3. The Kier molecular flexibility index (Phi) is 5.14. The molecule has 8 heteroatoms. The summed E-state index contributed by atoms with van der Waals surface area (Å²) >= 11 is 5.95. The number of sulfonamides is 1. The number of nitrogens with zero attached hydrogens (tertiary/aromatic N) is 1. The van der Waals surface area contributed by atoms with E-state index >= 15 is 0 Å². The third-order valence-electron chi connectivity index (χ3n) is 4.79. The number of hydrogen-bond donors (Lipinski definition) is 2. The number of hydrogen-bond acceptors (Lipinski definition) is 4. The minimum Gasteiger partial charge on any atom is -0.368 e. The summed E-state index contributed by atoms with van der Waals surface area (Å²) in [5.41, 5.74) is 1.52. The van der Waals surface area contributed by atoms with Gasteiger partial charge in [-0.05, 0) is 30.3 Å². The SMILES string of the molecule is O=S(=O)(Nc1ccc(N2CCNCC2)c2ccccc12)c1ccc(F)cc1Cl. The lowest BCUT2D eigenvalue weighted by Crippen LogP contribution is -2.43. The Labute approximate surface area is 168 Å². The fourth-order valence-electron chi connectivity index (χ4n) is 3.45. The summed E-state index contributed by atoms with van der Waals surface area (Å²) < 4.78 is 41.5. The number of piperazine rings is 1. The average molecular weight is 420 g/mol. The molecule has 1 heterocycles. The Balaban J connectivity index is 1.75. The fourth-order valence-corrected chi connectivity index (χ4v) is 5.06. The van der Waals surface area contributed by atoms with Crippen LogP contribution in [0.25, 0.3) is 10.8 Å². The van der Waals surface area contributed by atoms with Crippen LogP contribution in [-0.4, -0.2) is 34.6 Å². The van der Waals surface area contributed by atoms with E-state index in [4.69, 9.17) is 11.6 Å². The van der Waals surface area contributed by atoms with Crippen molar-refractivity contribution in [3.63, 3.8) is 0 Å². The molecule has 0 unspecified atom stereocenters. The summed E-state index contributed by atoms with van der Waals surface area (Å²) in [6, 6.07) is 14.6. The largest absolute Gasteiger partial charge is 0.368 e. The van der Waals surface area contributed by atoms with Gasteiger partial charge >= 0.3 is 0 Å². The van der Waals surface area contributed by atoms with E-state index in [1.165, 1.54) is 0 Å². The Bertz CT molecular complexity index is 1130. The predicted molar refractivity (Wildman–Crippen MR) is 111 cm³/mol. The summed E-state index contributed by atoms with van der Waals surface area (Å²) in [4.78, 5) is 2.12. The second-order valence-corrected chi connectivity index (χ2v) is 8.65. The van der Waals surface area contributed by atoms with Crippen molar-refractivity contribution in [3.05, 3.63) is 65.4 Å². The van der Waals surface area contributed by atoms with E-state index in [9.17, 15) is 12.8 Å². The molecule has 0 radical (unpaired) electrons. The zero-order chi connectivity index (χ0) is 19.7. The highest BCUT2D eigenvalue weighted by molar-refractivity contribution is 7.92. The number of rotatable bonds is 4. The molecule has 0 amide bonds. The first-order valence-corrected chi connectivity index (χ1v) is 10.8. The maximum Gasteiger partial charge on any atom is 0.263 e. The molecule has 3 aromatic carbocycles. The summed E-state index contributed by atoms with van der Waals surface area (Å²) in [5.74, 6) is -0.588. The van der Waals surface area contributed by atoms with Crippen molar-refractivity contribution in [3.8, 4) is 0 Å². The van der Waals surface area contributed by atoms with Crippen LogP contribution in [0.4, 0.5) is 15.8 Å². The third kappa shape index (κ3) is 3.65. The zero-order valence-corrected chi connectivity index (χ0v) is 16.5. The van der Waals surface area contributed by atoms with Gasteiger partial charge in [0, 0.05) is 42.6 Å². The minimum atomic E-state index is -3.96. The molecule has 28 heavy (non-hydrogen) atoms. The number of nitrogens with one attached hydrogen (secondary N) is 2. The van der Waals surface area contributed by atoms with Crippen LogP contribution in [0.1, 0.15) is 0 Å². The Hall–Kier alpha value is -2.35. The third-order valence-corrected chi connectivity index (χ3v) is 6.63. The van der Waals surface area contributed by atoms with E-state index < -0.39 is 15.8 Å². The van der Waals surface area contributed by atoms with Gasteiger partial charge < -0.3 is 10.2 Å². The highest BCUT2D eigenvalue weighted by atomic mass is 35.5. The van der Waals surface area contributed by atoms with E-state index in [1.807, 2.05) is 30.3 Å². The van der Waals surface area contributed by atoms with Crippen molar-refractivity contribution in [2.24, 2.45) is 0 Å². The summed E-state index contributed by atoms with van der Waals surface area (Å²) in [5, 5.41) is 4.93. The van der Waals surface area contributed by atoms with Gasteiger partial charge in [-0.2, -0.15) is 0 Å². The lowest BCUT2D eigenvalue weighted by molar-refractivity contribution is 0.590. The fraction of sp³-hybridized carbons (Fsp3) is 0.200. The molecule has 1 saturated heterocycles. The lowest BCUT2D eigenvalue weighted by Gasteiger charge is -2.30. The van der Waals surface area contributed by atoms with Crippen LogP contribution in [0.5, 0.6) is 0 Å².